The number of esters is 2. The van der Waals surface area contributed by atoms with E-state index in [1.807, 2.05) is 0 Å². The number of carbonyl (C=O) groups excluding carboxylic acids is 2. The van der Waals surface area contributed by atoms with Crippen molar-refractivity contribution in [2.24, 2.45) is 0 Å². The fourth-order valence-electron chi connectivity index (χ4n) is 5.18. The Hall–Kier alpha value is -2.34. The number of aliphatic hydroxyl groups excluding tert-OH is 4. The molecule has 1 heterocycles. The van der Waals surface area contributed by atoms with Crippen LogP contribution in [0.15, 0.2) is 48.6 Å². The maximum absolute atomic E-state index is 12.6. The lowest BCUT2D eigenvalue weighted by Crippen LogP contribution is -2.59. The lowest BCUT2D eigenvalue weighted by molar-refractivity contribution is -0.305. The van der Waals surface area contributed by atoms with E-state index in [4.69, 9.17) is 18.9 Å². The van der Waals surface area contributed by atoms with Crippen LogP contribution in [0.2, 0.25) is 0 Å². The molecular formula is C39H66O10. The minimum Gasteiger partial charge on any atom is -0.462 e. The zero-order valence-corrected chi connectivity index (χ0v) is 30.2. The van der Waals surface area contributed by atoms with Crippen LogP contribution < -0.4 is 0 Å². The Morgan fingerprint density at radius 1 is 0.633 bits per heavy atom. The van der Waals surface area contributed by atoms with E-state index in [0.29, 0.717) is 12.8 Å². The molecule has 0 bridgehead atoms. The number of carbonyl (C=O) groups is 2. The summed E-state index contributed by atoms with van der Waals surface area (Å²) in [5, 5.41) is 39.8. The van der Waals surface area contributed by atoms with Gasteiger partial charge in [0, 0.05) is 12.8 Å². The fourth-order valence-corrected chi connectivity index (χ4v) is 5.18. The van der Waals surface area contributed by atoms with Crippen molar-refractivity contribution in [2.45, 2.75) is 166 Å². The summed E-state index contributed by atoms with van der Waals surface area (Å²) in [6, 6.07) is 0. The first-order chi connectivity index (χ1) is 23.8. The highest BCUT2D eigenvalue weighted by Crippen LogP contribution is 2.22. The molecule has 1 aliphatic heterocycles. The molecule has 1 rings (SSSR count). The molecule has 4 N–H and O–H groups in total. The Kier molecular flexibility index (Phi) is 27.8. The molecule has 0 saturated carbocycles. The van der Waals surface area contributed by atoms with Crippen LogP contribution in [-0.4, -0.2) is 89.0 Å². The normalized spacial score (nSPS) is 22.1. The van der Waals surface area contributed by atoms with Crippen LogP contribution in [0, 0.1) is 0 Å². The summed E-state index contributed by atoms with van der Waals surface area (Å²) in [7, 11) is 0. The predicted molar refractivity (Wildman–Crippen MR) is 192 cm³/mol. The van der Waals surface area contributed by atoms with Crippen LogP contribution in [0.1, 0.15) is 129 Å². The number of rotatable bonds is 29. The highest BCUT2D eigenvalue weighted by molar-refractivity contribution is 5.70. The van der Waals surface area contributed by atoms with Crippen LogP contribution in [0.3, 0.4) is 0 Å². The molecule has 0 aliphatic carbocycles. The smallest absolute Gasteiger partial charge is 0.306 e. The molecule has 0 spiro atoms. The standard InChI is InChI=1S/C39H66O10/c1-3-5-7-9-11-12-13-14-15-16-17-18-19-20-22-23-25-27-34(41)46-30-32(48-35(42)28-26-24-21-10-8-6-4-2)31-47-39-38(45)37(44)36(43)33(29-40)49-39/h7,9,12-13,15-16,18-19,32-33,36-40,43-45H,3-6,8,10-11,14,17,20-31H2,1-2H3/b9-7+,13-12+,16-15+,19-18+/t32-,33-,36+,37?,38?,39-/m0/s1. The molecule has 1 saturated heterocycles. The van der Waals surface area contributed by atoms with E-state index in [1.54, 1.807) is 0 Å². The molecule has 0 aromatic carbocycles. The maximum Gasteiger partial charge on any atom is 0.306 e. The monoisotopic (exact) mass is 694 g/mol. The van der Waals surface area contributed by atoms with Gasteiger partial charge in [-0.05, 0) is 51.4 Å². The third kappa shape index (κ3) is 22.9. The quantitative estimate of drug-likeness (QED) is 0.0386. The summed E-state index contributed by atoms with van der Waals surface area (Å²) in [6.07, 6.45) is 25.7. The Morgan fingerprint density at radius 3 is 1.80 bits per heavy atom. The Balaban J connectivity index is 2.39. The zero-order valence-electron chi connectivity index (χ0n) is 30.2. The van der Waals surface area contributed by atoms with Gasteiger partial charge in [0.25, 0.3) is 0 Å². The van der Waals surface area contributed by atoms with E-state index < -0.39 is 55.4 Å². The summed E-state index contributed by atoms with van der Waals surface area (Å²) in [5.74, 6) is -0.856. The van der Waals surface area contributed by atoms with E-state index in [2.05, 4.69) is 62.5 Å². The van der Waals surface area contributed by atoms with E-state index in [1.165, 1.54) is 25.7 Å². The Labute approximate surface area is 295 Å². The summed E-state index contributed by atoms with van der Waals surface area (Å²) in [5.41, 5.74) is 0. The number of unbranched alkanes of at least 4 members (excludes halogenated alkanes) is 10. The van der Waals surface area contributed by atoms with Gasteiger partial charge in [-0.15, -0.1) is 0 Å². The minimum absolute atomic E-state index is 0.220. The second-order valence-corrected chi connectivity index (χ2v) is 12.7. The molecule has 282 valence electrons. The first-order valence-electron chi connectivity index (χ1n) is 18.7. The van der Waals surface area contributed by atoms with Crippen LogP contribution in [0.5, 0.6) is 0 Å². The van der Waals surface area contributed by atoms with Crippen molar-refractivity contribution in [2.75, 3.05) is 19.8 Å². The van der Waals surface area contributed by atoms with Crippen LogP contribution in [-0.2, 0) is 28.5 Å². The number of allylic oxidation sites excluding steroid dienone is 8. The van der Waals surface area contributed by atoms with Gasteiger partial charge in [0.15, 0.2) is 12.4 Å². The van der Waals surface area contributed by atoms with Crippen LogP contribution in [0.25, 0.3) is 0 Å². The van der Waals surface area contributed by atoms with Gasteiger partial charge in [-0.2, -0.15) is 0 Å². The maximum atomic E-state index is 12.6. The molecule has 0 amide bonds. The summed E-state index contributed by atoms with van der Waals surface area (Å²) in [4.78, 5) is 25.0. The average Bonchev–Trinajstić information content (AvgIpc) is 3.10. The van der Waals surface area contributed by atoms with E-state index in [9.17, 15) is 30.0 Å². The highest BCUT2D eigenvalue weighted by Gasteiger charge is 2.44. The zero-order chi connectivity index (χ0) is 36.0. The Morgan fingerprint density at radius 2 is 1.18 bits per heavy atom. The summed E-state index contributed by atoms with van der Waals surface area (Å²) in [6.45, 7) is 3.23. The first kappa shape index (κ1) is 44.7. The van der Waals surface area contributed by atoms with Crippen molar-refractivity contribution < 1.29 is 49.0 Å². The van der Waals surface area contributed by atoms with Gasteiger partial charge in [-0.25, -0.2) is 0 Å². The van der Waals surface area contributed by atoms with E-state index in [0.717, 1.165) is 64.2 Å². The molecule has 2 unspecified atom stereocenters. The lowest BCUT2D eigenvalue weighted by atomic mass is 9.99. The SMILES string of the molecule is CCC/C=C/C/C=C/C/C=C/C/C=C/CCCCCC(=O)OC[C@@H](CO[C@H]1O[C@@H](CO)[C@@H](O)C(O)C1O)OC(=O)CCCCCCCCC. The van der Waals surface area contributed by atoms with Crippen molar-refractivity contribution in [3.8, 4) is 0 Å². The summed E-state index contributed by atoms with van der Waals surface area (Å²) >= 11 is 0. The molecule has 1 aliphatic rings. The largest absolute Gasteiger partial charge is 0.462 e. The van der Waals surface area contributed by atoms with Gasteiger partial charge in [0.2, 0.25) is 0 Å². The van der Waals surface area contributed by atoms with Crippen molar-refractivity contribution in [1.29, 1.82) is 0 Å². The fraction of sp³-hybridized carbons (Fsp3) is 0.744. The number of aliphatic hydroxyl groups is 4. The third-order valence-electron chi connectivity index (χ3n) is 8.20. The second kappa shape index (κ2) is 30.5. The van der Waals surface area contributed by atoms with Crippen molar-refractivity contribution in [3.63, 3.8) is 0 Å². The van der Waals surface area contributed by atoms with Gasteiger partial charge in [-0.3, -0.25) is 9.59 Å². The van der Waals surface area contributed by atoms with Crippen molar-refractivity contribution in [3.05, 3.63) is 48.6 Å². The lowest BCUT2D eigenvalue weighted by Gasteiger charge is -2.39. The first-order valence-corrected chi connectivity index (χ1v) is 18.7. The Bertz CT molecular complexity index is 944. The molecule has 1 fully saturated rings. The molecule has 10 heteroatoms. The third-order valence-corrected chi connectivity index (χ3v) is 8.20. The molecule has 49 heavy (non-hydrogen) atoms. The molecule has 0 aromatic heterocycles. The van der Waals surface area contributed by atoms with Gasteiger partial charge in [0.1, 0.15) is 31.0 Å². The molecular weight excluding hydrogens is 628 g/mol. The van der Waals surface area contributed by atoms with E-state index in [-0.39, 0.29) is 26.1 Å². The molecule has 6 atom stereocenters. The van der Waals surface area contributed by atoms with E-state index >= 15 is 0 Å². The van der Waals surface area contributed by atoms with Crippen LogP contribution >= 0.6 is 0 Å². The minimum atomic E-state index is -1.60. The van der Waals surface area contributed by atoms with Gasteiger partial charge < -0.3 is 39.4 Å². The average molecular weight is 695 g/mol. The highest BCUT2D eigenvalue weighted by atomic mass is 16.7. The van der Waals surface area contributed by atoms with Crippen LogP contribution in [0.4, 0.5) is 0 Å². The van der Waals surface area contributed by atoms with Crippen molar-refractivity contribution >= 4 is 11.9 Å². The number of hydrogen-bond donors (Lipinski definition) is 4. The molecule has 0 radical (unpaired) electrons. The van der Waals surface area contributed by atoms with Gasteiger partial charge >= 0.3 is 11.9 Å². The number of hydrogen-bond acceptors (Lipinski definition) is 10. The summed E-state index contributed by atoms with van der Waals surface area (Å²) < 4.78 is 21.9. The predicted octanol–water partition coefficient (Wildman–Crippen LogP) is 6.54. The second-order valence-electron chi connectivity index (χ2n) is 12.7. The number of ether oxygens (including phenoxy) is 4. The van der Waals surface area contributed by atoms with Gasteiger partial charge in [-0.1, -0.05) is 114 Å². The van der Waals surface area contributed by atoms with Crippen molar-refractivity contribution in [1.82, 2.24) is 0 Å². The van der Waals surface area contributed by atoms with Gasteiger partial charge in [0.05, 0.1) is 13.2 Å². The molecule has 0 aromatic rings. The molecule has 10 nitrogen and oxygen atoms in total. The topological polar surface area (TPSA) is 152 Å².